The van der Waals surface area contributed by atoms with Gasteiger partial charge in [-0.05, 0) is 18.6 Å². The summed E-state index contributed by atoms with van der Waals surface area (Å²) < 4.78 is 0. The van der Waals surface area contributed by atoms with Gasteiger partial charge in [0.15, 0.2) is 0 Å². The molecule has 0 saturated heterocycles. The van der Waals surface area contributed by atoms with Crippen LogP contribution in [0.2, 0.25) is 0 Å². The van der Waals surface area contributed by atoms with E-state index >= 15 is 0 Å². The van der Waals surface area contributed by atoms with Crippen LogP contribution in [0.4, 0.5) is 5.82 Å². The summed E-state index contributed by atoms with van der Waals surface area (Å²) >= 11 is 1.44. The highest BCUT2D eigenvalue weighted by Crippen LogP contribution is 2.26. The van der Waals surface area contributed by atoms with Gasteiger partial charge in [0.1, 0.15) is 23.1 Å². The molecule has 0 aromatic carbocycles. The van der Waals surface area contributed by atoms with Crippen LogP contribution in [0.5, 0.6) is 0 Å². The van der Waals surface area contributed by atoms with E-state index in [9.17, 15) is 0 Å². The van der Waals surface area contributed by atoms with Gasteiger partial charge in [-0.2, -0.15) is 5.26 Å². The van der Waals surface area contributed by atoms with Crippen molar-refractivity contribution in [1.29, 1.82) is 5.26 Å². The molecule has 1 N–H and O–H groups in total. The highest BCUT2D eigenvalue weighted by molar-refractivity contribution is 7.15. The van der Waals surface area contributed by atoms with E-state index in [0.717, 1.165) is 29.4 Å². The first-order valence-electron chi connectivity index (χ1n) is 5.39. The van der Waals surface area contributed by atoms with Crippen molar-refractivity contribution in [2.75, 3.05) is 11.9 Å². The van der Waals surface area contributed by atoms with Gasteiger partial charge in [-0.25, -0.2) is 9.97 Å². The van der Waals surface area contributed by atoms with Gasteiger partial charge in [0.25, 0.3) is 0 Å². The number of nitrogens with one attached hydrogen (secondary N) is 1. The Morgan fingerprint density at radius 1 is 1.41 bits per heavy atom. The van der Waals surface area contributed by atoms with E-state index in [0.29, 0.717) is 4.88 Å². The Hall–Kier alpha value is -1.93. The van der Waals surface area contributed by atoms with Crippen molar-refractivity contribution in [2.45, 2.75) is 13.3 Å². The van der Waals surface area contributed by atoms with Gasteiger partial charge < -0.3 is 5.32 Å². The topological polar surface area (TPSA) is 61.6 Å². The molecule has 0 atom stereocenters. The summed E-state index contributed by atoms with van der Waals surface area (Å²) in [7, 11) is 0. The molecule has 86 valence electrons. The molecule has 0 amide bonds. The fraction of sp³-hybridized carbons (Fsp3) is 0.250. The van der Waals surface area contributed by atoms with Crippen LogP contribution in [0, 0.1) is 11.3 Å². The van der Waals surface area contributed by atoms with E-state index in [-0.39, 0.29) is 0 Å². The average Bonchev–Trinajstić information content (AvgIpc) is 2.85. The Kier molecular flexibility index (Phi) is 3.68. The molecule has 5 heteroatoms. The molecular formula is C12H12N4S. The molecular weight excluding hydrogens is 232 g/mol. The number of anilines is 1. The second-order valence-corrected chi connectivity index (χ2v) is 4.57. The zero-order valence-corrected chi connectivity index (χ0v) is 10.3. The lowest BCUT2D eigenvalue weighted by molar-refractivity contribution is 0.965. The molecule has 0 fully saturated rings. The molecule has 2 aromatic heterocycles. The number of thiophene rings is 1. The number of hydrogen-bond acceptors (Lipinski definition) is 5. The van der Waals surface area contributed by atoms with Crippen LogP contribution >= 0.6 is 11.3 Å². The number of nitrogens with zero attached hydrogens (tertiary/aromatic N) is 3. The minimum absolute atomic E-state index is 0.696. The SMILES string of the molecule is CCCNc1cc(-c2ccc(C#N)s2)ncn1. The maximum Gasteiger partial charge on any atom is 0.129 e. The second kappa shape index (κ2) is 5.41. The van der Waals surface area contributed by atoms with Crippen LogP contribution in [-0.2, 0) is 0 Å². The van der Waals surface area contributed by atoms with Crippen LogP contribution in [-0.4, -0.2) is 16.5 Å². The minimum Gasteiger partial charge on any atom is -0.370 e. The second-order valence-electron chi connectivity index (χ2n) is 3.49. The van der Waals surface area contributed by atoms with Gasteiger partial charge in [0.05, 0.1) is 10.6 Å². The van der Waals surface area contributed by atoms with Crippen molar-refractivity contribution < 1.29 is 0 Å². The first-order chi connectivity index (χ1) is 8.33. The van der Waals surface area contributed by atoms with Gasteiger partial charge in [-0.3, -0.25) is 0 Å². The molecule has 2 rings (SSSR count). The van der Waals surface area contributed by atoms with Crippen LogP contribution in [0.15, 0.2) is 24.5 Å². The Labute approximate surface area is 104 Å². The lowest BCUT2D eigenvalue weighted by atomic mass is 10.3. The van der Waals surface area contributed by atoms with Crippen LogP contribution in [0.1, 0.15) is 18.2 Å². The summed E-state index contributed by atoms with van der Waals surface area (Å²) in [6, 6.07) is 7.75. The molecule has 4 nitrogen and oxygen atoms in total. The Bertz CT molecular complexity index is 541. The van der Waals surface area contributed by atoms with Crippen molar-refractivity contribution in [3.63, 3.8) is 0 Å². The monoisotopic (exact) mass is 244 g/mol. The summed E-state index contributed by atoms with van der Waals surface area (Å²) in [6.45, 7) is 3.00. The van der Waals surface area contributed by atoms with Crippen molar-refractivity contribution in [3.8, 4) is 16.6 Å². The van der Waals surface area contributed by atoms with Crippen molar-refractivity contribution >= 4 is 17.2 Å². The Morgan fingerprint density at radius 2 is 2.29 bits per heavy atom. The zero-order chi connectivity index (χ0) is 12.1. The van der Waals surface area contributed by atoms with Gasteiger partial charge in [-0.15, -0.1) is 11.3 Å². The molecule has 2 aromatic rings. The lowest BCUT2D eigenvalue weighted by Crippen LogP contribution is -2.02. The molecule has 0 radical (unpaired) electrons. The molecule has 2 heterocycles. The molecule has 0 saturated carbocycles. The molecule has 0 aliphatic carbocycles. The van der Waals surface area contributed by atoms with Crippen molar-refractivity contribution in [1.82, 2.24) is 9.97 Å². The van der Waals surface area contributed by atoms with E-state index in [1.807, 2.05) is 12.1 Å². The molecule has 0 aliphatic heterocycles. The fourth-order valence-electron chi connectivity index (χ4n) is 1.38. The minimum atomic E-state index is 0.696. The van der Waals surface area contributed by atoms with Crippen LogP contribution in [0.3, 0.4) is 0 Å². The molecule has 0 aliphatic rings. The Balaban J connectivity index is 2.23. The molecule has 0 spiro atoms. The average molecular weight is 244 g/mol. The lowest BCUT2D eigenvalue weighted by Gasteiger charge is -2.04. The predicted molar refractivity (Wildman–Crippen MR) is 68.8 cm³/mol. The summed E-state index contributed by atoms with van der Waals surface area (Å²) in [6.07, 6.45) is 2.59. The summed E-state index contributed by atoms with van der Waals surface area (Å²) in [5.74, 6) is 0.823. The highest BCUT2D eigenvalue weighted by Gasteiger charge is 2.05. The van der Waals surface area contributed by atoms with Crippen LogP contribution in [0.25, 0.3) is 10.6 Å². The number of hydrogen-bond donors (Lipinski definition) is 1. The van der Waals surface area contributed by atoms with E-state index in [4.69, 9.17) is 5.26 Å². The zero-order valence-electron chi connectivity index (χ0n) is 9.47. The third-order valence-electron chi connectivity index (χ3n) is 2.19. The number of nitriles is 1. The summed E-state index contributed by atoms with van der Waals surface area (Å²) in [5.41, 5.74) is 0.852. The van der Waals surface area contributed by atoms with Gasteiger partial charge in [0, 0.05) is 12.6 Å². The van der Waals surface area contributed by atoms with Gasteiger partial charge in [-0.1, -0.05) is 6.92 Å². The third kappa shape index (κ3) is 2.80. The third-order valence-corrected chi connectivity index (χ3v) is 3.20. The maximum absolute atomic E-state index is 8.78. The van der Waals surface area contributed by atoms with E-state index in [2.05, 4.69) is 28.3 Å². The number of rotatable bonds is 4. The molecule has 0 unspecified atom stereocenters. The molecule has 17 heavy (non-hydrogen) atoms. The Morgan fingerprint density at radius 3 is 3.00 bits per heavy atom. The first-order valence-corrected chi connectivity index (χ1v) is 6.21. The van der Waals surface area contributed by atoms with E-state index in [1.54, 1.807) is 12.4 Å². The van der Waals surface area contributed by atoms with Crippen LogP contribution < -0.4 is 5.32 Å². The maximum atomic E-state index is 8.78. The number of aromatic nitrogens is 2. The van der Waals surface area contributed by atoms with E-state index < -0.39 is 0 Å². The quantitative estimate of drug-likeness (QED) is 0.898. The van der Waals surface area contributed by atoms with Crippen molar-refractivity contribution in [2.24, 2.45) is 0 Å². The fourth-order valence-corrected chi connectivity index (χ4v) is 2.15. The largest absolute Gasteiger partial charge is 0.370 e. The summed E-state index contributed by atoms with van der Waals surface area (Å²) in [5, 5.41) is 12.0. The normalized spacial score (nSPS) is 9.88. The predicted octanol–water partition coefficient (Wildman–Crippen LogP) is 2.90. The standard InChI is InChI=1S/C12H12N4S/c1-2-5-14-12-6-10(15-8-16-12)11-4-3-9(7-13)17-11/h3-4,6,8H,2,5H2,1H3,(H,14,15,16). The van der Waals surface area contributed by atoms with Gasteiger partial charge >= 0.3 is 0 Å². The first kappa shape index (κ1) is 11.6. The molecule has 0 bridgehead atoms. The van der Waals surface area contributed by atoms with E-state index in [1.165, 1.54) is 11.3 Å². The van der Waals surface area contributed by atoms with Crippen molar-refractivity contribution in [3.05, 3.63) is 29.4 Å². The smallest absolute Gasteiger partial charge is 0.129 e. The summed E-state index contributed by atoms with van der Waals surface area (Å²) in [4.78, 5) is 10.0. The van der Waals surface area contributed by atoms with Gasteiger partial charge in [0.2, 0.25) is 0 Å². The highest BCUT2D eigenvalue weighted by atomic mass is 32.1.